The number of furan rings is 1. The van der Waals surface area contributed by atoms with Gasteiger partial charge in [-0.05, 0) is 43.2 Å². The van der Waals surface area contributed by atoms with Crippen LogP contribution in [0.25, 0.3) is 0 Å². The normalized spacial score (nSPS) is 12.7. The van der Waals surface area contributed by atoms with Crippen LogP contribution >= 0.6 is 0 Å². The van der Waals surface area contributed by atoms with Crippen molar-refractivity contribution in [2.24, 2.45) is 5.84 Å². The Morgan fingerprint density at radius 3 is 2.47 bits per heavy atom. The van der Waals surface area contributed by atoms with E-state index in [1.807, 2.05) is 26.0 Å². The van der Waals surface area contributed by atoms with E-state index in [2.05, 4.69) is 5.43 Å². The van der Waals surface area contributed by atoms with Gasteiger partial charge in [0.25, 0.3) is 0 Å². The van der Waals surface area contributed by atoms with E-state index in [0.29, 0.717) is 0 Å². The Kier molecular flexibility index (Phi) is 3.26. The van der Waals surface area contributed by atoms with Crippen molar-refractivity contribution in [1.29, 1.82) is 0 Å². The first-order chi connectivity index (χ1) is 8.10. The van der Waals surface area contributed by atoms with E-state index >= 15 is 0 Å². The van der Waals surface area contributed by atoms with E-state index < -0.39 is 0 Å². The zero-order valence-corrected chi connectivity index (χ0v) is 9.83. The fourth-order valence-electron chi connectivity index (χ4n) is 1.93. The van der Waals surface area contributed by atoms with Crippen LogP contribution in [0.5, 0.6) is 0 Å². The predicted molar refractivity (Wildman–Crippen MR) is 63.7 cm³/mol. The molecule has 0 aliphatic rings. The van der Waals surface area contributed by atoms with Gasteiger partial charge >= 0.3 is 0 Å². The predicted octanol–water partition coefficient (Wildman–Crippen LogP) is 2.59. The maximum atomic E-state index is 13.4. The number of hydrogen-bond donors (Lipinski definition) is 2. The third-order valence-electron chi connectivity index (χ3n) is 2.65. The number of nitrogens with one attached hydrogen (secondary N) is 1. The van der Waals surface area contributed by atoms with Crippen molar-refractivity contribution < 1.29 is 8.81 Å². The second-order valence-corrected chi connectivity index (χ2v) is 4.15. The average molecular weight is 234 g/mol. The Hall–Kier alpha value is -1.65. The van der Waals surface area contributed by atoms with Crippen LogP contribution in [0, 0.1) is 19.7 Å². The molecular formula is C13H15FN2O. The Morgan fingerprint density at radius 1 is 1.18 bits per heavy atom. The van der Waals surface area contributed by atoms with Crippen LogP contribution in [0.15, 0.2) is 34.9 Å². The van der Waals surface area contributed by atoms with Gasteiger partial charge in [0, 0.05) is 5.56 Å². The van der Waals surface area contributed by atoms with Crippen molar-refractivity contribution >= 4 is 0 Å². The van der Waals surface area contributed by atoms with Gasteiger partial charge in [-0.15, -0.1) is 0 Å². The van der Waals surface area contributed by atoms with Gasteiger partial charge in [0.1, 0.15) is 11.6 Å². The largest absolute Gasteiger partial charge is 0.469 e. The minimum absolute atomic E-state index is 0.262. The number of nitrogens with two attached hydrogens (primary N) is 1. The number of halogens is 1. The van der Waals surface area contributed by atoms with Crippen molar-refractivity contribution in [2.75, 3.05) is 0 Å². The van der Waals surface area contributed by atoms with Crippen molar-refractivity contribution in [2.45, 2.75) is 19.9 Å². The van der Waals surface area contributed by atoms with Gasteiger partial charge in [0.15, 0.2) is 0 Å². The lowest BCUT2D eigenvalue weighted by Gasteiger charge is -2.15. The van der Waals surface area contributed by atoms with E-state index in [1.54, 1.807) is 6.26 Å². The fraction of sp³-hybridized carbons (Fsp3) is 0.231. The molecule has 1 aromatic heterocycles. The number of rotatable bonds is 3. The Labute approximate surface area is 99.4 Å². The second-order valence-electron chi connectivity index (χ2n) is 4.15. The first-order valence-electron chi connectivity index (χ1n) is 5.38. The van der Waals surface area contributed by atoms with Crippen molar-refractivity contribution in [1.82, 2.24) is 5.43 Å². The maximum Gasteiger partial charge on any atom is 0.123 e. The van der Waals surface area contributed by atoms with Crippen LogP contribution in [0.4, 0.5) is 4.39 Å². The molecule has 0 amide bonds. The number of hydrazine groups is 1. The quantitative estimate of drug-likeness (QED) is 0.634. The lowest BCUT2D eigenvalue weighted by molar-refractivity contribution is 0.525. The van der Waals surface area contributed by atoms with E-state index in [-0.39, 0.29) is 11.9 Å². The fourth-order valence-corrected chi connectivity index (χ4v) is 1.93. The summed E-state index contributed by atoms with van der Waals surface area (Å²) in [5.41, 5.74) is 5.20. The van der Waals surface area contributed by atoms with E-state index in [1.165, 1.54) is 12.1 Å². The average Bonchev–Trinajstić information content (AvgIpc) is 2.64. The van der Waals surface area contributed by atoms with Crippen molar-refractivity contribution in [3.8, 4) is 0 Å². The Balaban J connectivity index is 2.41. The summed E-state index contributed by atoms with van der Waals surface area (Å²) in [7, 11) is 0. The molecule has 3 N–H and O–H groups in total. The highest BCUT2D eigenvalue weighted by Gasteiger charge is 2.15. The summed E-state index contributed by atoms with van der Waals surface area (Å²) in [5.74, 6) is 6.07. The minimum atomic E-state index is -0.263. The maximum absolute atomic E-state index is 13.4. The highest BCUT2D eigenvalue weighted by Crippen LogP contribution is 2.24. The van der Waals surface area contributed by atoms with Gasteiger partial charge in [0.2, 0.25) is 0 Å². The topological polar surface area (TPSA) is 51.2 Å². The van der Waals surface area contributed by atoms with Gasteiger partial charge in [-0.1, -0.05) is 6.07 Å². The molecule has 1 heterocycles. The molecule has 0 fully saturated rings. The molecule has 3 nitrogen and oxygen atoms in total. The first-order valence-corrected chi connectivity index (χ1v) is 5.38. The van der Waals surface area contributed by atoms with Crippen LogP contribution in [-0.4, -0.2) is 0 Å². The van der Waals surface area contributed by atoms with E-state index in [0.717, 1.165) is 22.5 Å². The highest BCUT2D eigenvalue weighted by atomic mass is 19.1. The summed E-state index contributed by atoms with van der Waals surface area (Å²) in [4.78, 5) is 0. The molecule has 90 valence electrons. The molecule has 0 radical (unpaired) electrons. The lowest BCUT2D eigenvalue weighted by Crippen LogP contribution is -2.28. The summed E-state index contributed by atoms with van der Waals surface area (Å²) in [5, 5.41) is 0. The summed E-state index contributed by atoms with van der Waals surface area (Å²) < 4.78 is 18.6. The zero-order chi connectivity index (χ0) is 12.4. The molecule has 2 aromatic rings. The summed E-state index contributed by atoms with van der Waals surface area (Å²) in [6.45, 7) is 3.70. The molecular weight excluding hydrogens is 219 g/mol. The molecule has 4 heteroatoms. The molecule has 17 heavy (non-hydrogen) atoms. The van der Waals surface area contributed by atoms with Crippen molar-refractivity contribution in [3.05, 3.63) is 58.8 Å². The Bertz CT molecular complexity index is 502. The van der Waals surface area contributed by atoms with Crippen LogP contribution < -0.4 is 11.3 Å². The van der Waals surface area contributed by atoms with Crippen LogP contribution in [0.1, 0.15) is 28.5 Å². The molecule has 1 unspecified atom stereocenters. The summed E-state index contributed by atoms with van der Waals surface area (Å²) in [6.07, 6.45) is 1.63. The van der Waals surface area contributed by atoms with Gasteiger partial charge in [-0.25, -0.2) is 9.82 Å². The molecule has 0 aliphatic carbocycles. The van der Waals surface area contributed by atoms with Crippen LogP contribution in [0.2, 0.25) is 0 Å². The molecule has 0 spiro atoms. The lowest BCUT2D eigenvalue weighted by atomic mass is 10.00. The summed E-state index contributed by atoms with van der Waals surface area (Å²) in [6, 6.07) is 6.47. The monoisotopic (exact) mass is 234 g/mol. The molecule has 2 rings (SSSR count). The van der Waals surface area contributed by atoms with Gasteiger partial charge in [0.05, 0.1) is 12.3 Å². The molecule has 0 aliphatic heterocycles. The molecule has 1 atom stereocenters. The van der Waals surface area contributed by atoms with E-state index in [4.69, 9.17) is 10.3 Å². The molecule has 1 aromatic carbocycles. The number of aryl methyl sites for hydroxylation is 2. The molecule has 0 saturated carbocycles. The minimum Gasteiger partial charge on any atom is -0.469 e. The zero-order valence-electron chi connectivity index (χ0n) is 9.83. The van der Waals surface area contributed by atoms with Gasteiger partial charge in [-0.2, -0.15) is 0 Å². The van der Waals surface area contributed by atoms with Crippen molar-refractivity contribution in [3.63, 3.8) is 0 Å². The van der Waals surface area contributed by atoms with Gasteiger partial charge < -0.3 is 4.42 Å². The highest BCUT2D eigenvalue weighted by molar-refractivity contribution is 5.33. The van der Waals surface area contributed by atoms with Crippen LogP contribution in [0.3, 0.4) is 0 Å². The Morgan fingerprint density at radius 2 is 1.94 bits per heavy atom. The number of benzene rings is 1. The third-order valence-corrected chi connectivity index (χ3v) is 2.65. The van der Waals surface area contributed by atoms with Gasteiger partial charge in [-0.3, -0.25) is 5.84 Å². The van der Waals surface area contributed by atoms with Crippen LogP contribution in [-0.2, 0) is 0 Å². The standard InChI is InChI=1S/C13H15FN2O/c1-8-3-10(6-12(14)4-8)13(16-15)11-5-9(2)17-7-11/h3-7,13,16H,15H2,1-2H3. The molecule has 0 bridgehead atoms. The summed E-state index contributed by atoms with van der Waals surface area (Å²) >= 11 is 0. The third kappa shape index (κ3) is 2.54. The smallest absolute Gasteiger partial charge is 0.123 e. The first kappa shape index (κ1) is 11.8. The molecule has 0 saturated heterocycles. The number of hydrogen-bond acceptors (Lipinski definition) is 3. The van der Waals surface area contributed by atoms with E-state index in [9.17, 15) is 4.39 Å². The SMILES string of the molecule is Cc1cc(F)cc(C(NN)c2coc(C)c2)c1. The second kappa shape index (κ2) is 4.69.